The molecule has 3 aliphatic carbocycles. The van der Waals surface area contributed by atoms with E-state index in [1.54, 1.807) is 0 Å². The first kappa shape index (κ1) is 11.1. The lowest BCUT2D eigenvalue weighted by Gasteiger charge is -2.54. The number of rotatable bonds is 3. The minimum Gasteiger partial charge on any atom is -0.313 e. The van der Waals surface area contributed by atoms with Crippen LogP contribution in [0.2, 0.25) is 0 Å². The summed E-state index contributed by atoms with van der Waals surface area (Å²) >= 11 is 0. The average Bonchev–Trinajstić information content (AvgIpc) is 2.27. The van der Waals surface area contributed by atoms with Crippen LogP contribution in [0.1, 0.15) is 71.1 Å². The van der Waals surface area contributed by atoms with Crippen LogP contribution in [0.3, 0.4) is 0 Å². The Bertz CT molecular complexity index is 248. The smallest absolute Gasteiger partial charge is 0.0124 e. The highest BCUT2D eigenvalue weighted by Gasteiger charge is 2.47. The Morgan fingerprint density at radius 1 is 0.938 bits per heavy atom. The molecule has 16 heavy (non-hydrogen) atoms. The van der Waals surface area contributed by atoms with Gasteiger partial charge in [-0.25, -0.2) is 0 Å². The van der Waals surface area contributed by atoms with Crippen molar-refractivity contribution in [2.24, 2.45) is 10.8 Å². The van der Waals surface area contributed by atoms with E-state index in [2.05, 4.69) is 12.2 Å². The van der Waals surface area contributed by atoms with Gasteiger partial charge in [0.1, 0.15) is 0 Å². The van der Waals surface area contributed by atoms with Gasteiger partial charge in [0.2, 0.25) is 0 Å². The van der Waals surface area contributed by atoms with Crippen LogP contribution in [-0.2, 0) is 0 Å². The second kappa shape index (κ2) is 4.01. The summed E-state index contributed by atoms with van der Waals surface area (Å²) in [6.07, 6.45) is 14.9. The fourth-order valence-corrected chi connectivity index (χ4v) is 4.20. The molecule has 0 aromatic carbocycles. The average molecular weight is 221 g/mol. The van der Waals surface area contributed by atoms with Crippen LogP contribution < -0.4 is 5.32 Å². The summed E-state index contributed by atoms with van der Waals surface area (Å²) in [5.41, 5.74) is 1.41. The quantitative estimate of drug-likeness (QED) is 0.762. The highest BCUT2D eigenvalue weighted by atomic mass is 15.0. The monoisotopic (exact) mass is 221 g/mol. The molecule has 0 heterocycles. The molecule has 1 atom stereocenters. The van der Waals surface area contributed by atoms with E-state index >= 15 is 0 Å². The van der Waals surface area contributed by atoms with Gasteiger partial charge in [-0.3, -0.25) is 0 Å². The summed E-state index contributed by atoms with van der Waals surface area (Å²) in [6.45, 7) is 3.76. The van der Waals surface area contributed by atoms with Gasteiger partial charge in [-0.1, -0.05) is 32.6 Å². The summed E-state index contributed by atoms with van der Waals surface area (Å²) < 4.78 is 0. The minimum absolute atomic E-state index is 0.658. The van der Waals surface area contributed by atoms with Gasteiger partial charge >= 0.3 is 0 Å². The lowest BCUT2D eigenvalue weighted by atomic mass is 9.57. The van der Waals surface area contributed by atoms with Crippen LogP contribution >= 0.6 is 0 Å². The van der Waals surface area contributed by atoms with Crippen LogP contribution in [0.15, 0.2) is 0 Å². The fraction of sp³-hybridized carbons (Fsp3) is 1.00. The van der Waals surface area contributed by atoms with Gasteiger partial charge in [-0.05, 0) is 49.4 Å². The number of nitrogens with one attached hydrogen (secondary N) is 1. The largest absolute Gasteiger partial charge is 0.313 e. The molecule has 3 rings (SSSR count). The molecule has 0 aliphatic heterocycles. The Kier molecular flexibility index (Phi) is 2.78. The first-order chi connectivity index (χ1) is 7.73. The molecule has 1 spiro atoms. The molecular weight excluding hydrogens is 194 g/mol. The molecule has 92 valence electrons. The van der Waals surface area contributed by atoms with Crippen molar-refractivity contribution in [3.63, 3.8) is 0 Å². The predicted octanol–water partition coefficient (Wildman–Crippen LogP) is 3.88. The first-order valence-electron chi connectivity index (χ1n) is 7.46. The van der Waals surface area contributed by atoms with Gasteiger partial charge in [-0.2, -0.15) is 0 Å². The second-order valence-electron chi connectivity index (χ2n) is 7.06. The maximum absolute atomic E-state index is 3.92. The third-order valence-electron chi connectivity index (χ3n) is 5.86. The molecule has 0 aromatic heterocycles. The molecule has 0 amide bonds. The first-order valence-corrected chi connectivity index (χ1v) is 7.46. The summed E-state index contributed by atoms with van der Waals surface area (Å²) in [7, 11) is 0. The Hall–Kier alpha value is -0.0400. The van der Waals surface area contributed by atoms with E-state index < -0.39 is 0 Å². The van der Waals surface area contributed by atoms with E-state index in [0.717, 1.165) is 11.5 Å². The van der Waals surface area contributed by atoms with Crippen molar-refractivity contribution in [3.05, 3.63) is 0 Å². The lowest BCUT2D eigenvalue weighted by molar-refractivity contribution is 0.0106. The van der Waals surface area contributed by atoms with Crippen molar-refractivity contribution in [1.29, 1.82) is 0 Å². The van der Waals surface area contributed by atoms with Gasteiger partial charge in [-0.15, -0.1) is 0 Å². The molecule has 0 bridgehead atoms. The fourth-order valence-electron chi connectivity index (χ4n) is 4.20. The number of hydrogen-bond acceptors (Lipinski definition) is 1. The van der Waals surface area contributed by atoms with Crippen molar-refractivity contribution < 1.29 is 0 Å². The summed E-state index contributed by atoms with van der Waals surface area (Å²) in [5, 5.41) is 3.92. The van der Waals surface area contributed by atoms with Crippen molar-refractivity contribution in [2.75, 3.05) is 6.54 Å². The van der Waals surface area contributed by atoms with E-state index in [1.165, 1.54) is 70.8 Å². The second-order valence-corrected chi connectivity index (χ2v) is 7.06. The topological polar surface area (TPSA) is 12.0 Å². The zero-order valence-corrected chi connectivity index (χ0v) is 10.9. The lowest BCUT2D eigenvalue weighted by Crippen LogP contribution is -2.56. The van der Waals surface area contributed by atoms with E-state index in [9.17, 15) is 0 Å². The zero-order valence-electron chi connectivity index (χ0n) is 10.9. The molecule has 3 aliphatic rings. The maximum Gasteiger partial charge on any atom is 0.0124 e. The van der Waals surface area contributed by atoms with Crippen molar-refractivity contribution in [1.82, 2.24) is 5.32 Å². The Balaban J connectivity index is 1.51. The Morgan fingerprint density at radius 3 is 2.19 bits per heavy atom. The molecule has 0 saturated heterocycles. The summed E-state index contributed by atoms with van der Waals surface area (Å²) in [4.78, 5) is 0. The van der Waals surface area contributed by atoms with Crippen molar-refractivity contribution in [2.45, 2.75) is 77.2 Å². The molecule has 1 unspecified atom stereocenters. The molecule has 3 fully saturated rings. The summed E-state index contributed by atoms with van der Waals surface area (Å²) in [6, 6.07) is 0.880. The number of hydrogen-bond donors (Lipinski definition) is 1. The SMILES string of the molecule is CC1(CNC2CCC23CCCCC3)CCC1. The molecule has 1 nitrogen and oxygen atoms in total. The van der Waals surface area contributed by atoms with Crippen LogP contribution in [-0.4, -0.2) is 12.6 Å². The highest BCUT2D eigenvalue weighted by Crippen LogP contribution is 2.52. The van der Waals surface area contributed by atoms with Gasteiger partial charge < -0.3 is 5.32 Å². The zero-order chi connectivity index (χ0) is 11.1. The minimum atomic E-state index is 0.658. The normalized spacial score (nSPS) is 35.4. The summed E-state index contributed by atoms with van der Waals surface area (Å²) in [5.74, 6) is 0. The molecule has 0 radical (unpaired) electrons. The highest BCUT2D eigenvalue weighted by molar-refractivity contribution is 5.02. The van der Waals surface area contributed by atoms with Crippen molar-refractivity contribution in [3.8, 4) is 0 Å². The molecular formula is C15H27N. The Labute approximate surface area is 100 Å². The van der Waals surface area contributed by atoms with E-state index in [0.29, 0.717) is 5.41 Å². The van der Waals surface area contributed by atoms with Gasteiger partial charge in [0.15, 0.2) is 0 Å². The molecule has 3 saturated carbocycles. The van der Waals surface area contributed by atoms with Crippen LogP contribution in [0.25, 0.3) is 0 Å². The van der Waals surface area contributed by atoms with E-state index in [1.807, 2.05) is 0 Å². The van der Waals surface area contributed by atoms with Gasteiger partial charge in [0, 0.05) is 12.6 Å². The van der Waals surface area contributed by atoms with E-state index in [4.69, 9.17) is 0 Å². The molecule has 1 heteroatoms. The van der Waals surface area contributed by atoms with Crippen molar-refractivity contribution >= 4 is 0 Å². The third-order valence-corrected chi connectivity index (χ3v) is 5.86. The third kappa shape index (κ3) is 1.81. The van der Waals surface area contributed by atoms with Gasteiger partial charge in [0.05, 0.1) is 0 Å². The standard InChI is InChI=1S/C15H27N/c1-14(7-5-8-14)12-16-13-6-11-15(13)9-3-2-4-10-15/h13,16H,2-12H2,1H3. The maximum atomic E-state index is 3.92. The van der Waals surface area contributed by atoms with E-state index in [-0.39, 0.29) is 0 Å². The predicted molar refractivity (Wildman–Crippen MR) is 68.5 cm³/mol. The van der Waals surface area contributed by atoms with Gasteiger partial charge in [0.25, 0.3) is 0 Å². The Morgan fingerprint density at radius 2 is 1.69 bits per heavy atom. The molecule has 1 N–H and O–H groups in total. The molecule has 0 aromatic rings. The van der Waals surface area contributed by atoms with Crippen LogP contribution in [0, 0.1) is 10.8 Å². The van der Waals surface area contributed by atoms with Crippen LogP contribution in [0.5, 0.6) is 0 Å². The van der Waals surface area contributed by atoms with Crippen LogP contribution in [0.4, 0.5) is 0 Å².